The molecule has 0 aliphatic heterocycles. The minimum Gasteiger partial charge on any atom is -0.423 e. The summed E-state index contributed by atoms with van der Waals surface area (Å²) in [6.07, 6.45) is 6.75. The molecule has 1 atom stereocenters. The number of oxazole rings is 1. The second-order valence-electron chi connectivity index (χ2n) is 6.48. The molecule has 1 unspecified atom stereocenters. The number of hydrogen-bond donors (Lipinski definition) is 3. The van der Waals surface area contributed by atoms with Gasteiger partial charge in [-0.15, -0.1) is 0 Å². The number of hydrogen-bond acceptors (Lipinski definition) is 5. The first-order valence-electron chi connectivity index (χ1n) is 9.34. The Labute approximate surface area is 189 Å². The number of carbonyl (C=O) groups excluding carboxylic acids is 1. The van der Waals surface area contributed by atoms with E-state index in [1.54, 1.807) is 54.6 Å². The van der Waals surface area contributed by atoms with Crippen molar-refractivity contribution < 1.29 is 9.21 Å². The quantitative estimate of drug-likeness (QED) is 0.229. The third-order valence-corrected chi connectivity index (χ3v) is 4.76. The minimum absolute atomic E-state index is 0.0868. The highest BCUT2D eigenvalue weighted by molar-refractivity contribution is 6.31. The van der Waals surface area contributed by atoms with E-state index < -0.39 is 11.9 Å². The Balaban J connectivity index is 1.91. The molecule has 1 amide bonds. The molecule has 0 aliphatic rings. The van der Waals surface area contributed by atoms with Crippen LogP contribution in [0, 0.1) is 5.41 Å². The molecule has 3 rings (SSSR count). The van der Waals surface area contributed by atoms with E-state index in [2.05, 4.69) is 22.2 Å². The maximum absolute atomic E-state index is 13.1. The average Bonchev–Trinajstić information content (AvgIpc) is 3.14. The van der Waals surface area contributed by atoms with Gasteiger partial charge < -0.3 is 15.1 Å². The predicted octanol–water partition coefficient (Wildman–Crippen LogP) is 6.07. The fraction of sp³-hybridized carbons (Fsp3) is 0.0870. The predicted molar refractivity (Wildman–Crippen MR) is 126 cm³/mol. The molecule has 31 heavy (non-hydrogen) atoms. The molecular formula is C23H20Cl2N4O2. The third-order valence-electron chi connectivity index (χ3n) is 4.29. The maximum atomic E-state index is 13.1. The largest absolute Gasteiger partial charge is 0.423 e. The lowest BCUT2D eigenvalue weighted by Gasteiger charge is -2.18. The first-order chi connectivity index (χ1) is 14.9. The Hall–Kier alpha value is -3.35. The van der Waals surface area contributed by atoms with Crippen molar-refractivity contribution >= 4 is 52.1 Å². The summed E-state index contributed by atoms with van der Waals surface area (Å²) in [4.78, 5) is 17.5. The number of carbonyl (C=O) groups is 1. The van der Waals surface area contributed by atoms with Gasteiger partial charge in [0.15, 0.2) is 5.58 Å². The molecule has 0 spiro atoms. The van der Waals surface area contributed by atoms with Gasteiger partial charge in [-0.2, -0.15) is 4.98 Å². The highest BCUT2D eigenvalue weighted by atomic mass is 35.5. The normalized spacial score (nSPS) is 12.7. The van der Waals surface area contributed by atoms with Gasteiger partial charge in [-0.1, -0.05) is 66.2 Å². The first kappa shape index (κ1) is 22.3. The van der Waals surface area contributed by atoms with Crippen LogP contribution in [0.2, 0.25) is 10.0 Å². The molecule has 0 radical (unpaired) electrons. The van der Waals surface area contributed by atoms with E-state index in [1.165, 1.54) is 6.08 Å². The summed E-state index contributed by atoms with van der Waals surface area (Å²) in [6, 6.07) is 11.1. The van der Waals surface area contributed by atoms with Gasteiger partial charge >= 0.3 is 0 Å². The van der Waals surface area contributed by atoms with Crippen molar-refractivity contribution in [3.63, 3.8) is 0 Å². The zero-order valence-electron chi connectivity index (χ0n) is 16.7. The smallest absolute Gasteiger partial charge is 0.296 e. The molecule has 1 heterocycles. The number of amidine groups is 1. The molecule has 3 aromatic rings. The molecule has 0 saturated carbocycles. The molecule has 0 aliphatic carbocycles. The molecule has 8 heteroatoms. The Kier molecular flexibility index (Phi) is 7.28. The van der Waals surface area contributed by atoms with Crippen LogP contribution < -0.4 is 10.6 Å². The van der Waals surface area contributed by atoms with Crippen LogP contribution in [0.3, 0.4) is 0 Å². The van der Waals surface area contributed by atoms with Gasteiger partial charge in [0, 0.05) is 21.7 Å². The van der Waals surface area contributed by atoms with Crippen LogP contribution in [0.15, 0.2) is 83.3 Å². The molecule has 0 bridgehead atoms. The van der Waals surface area contributed by atoms with Crippen molar-refractivity contribution in [2.24, 2.45) is 0 Å². The molecule has 2 aromatic carbocycles. The van der Waals surface area contributed by atoms with E-state index in [4.69, 9.17) is 33.0 Å². The number of anilines is 1. The second-order valence-corrected chi connectivity index (χ2v) is 7.35. The average molecular weight is 455 g/mol. The van der Waals surface area contributed by atoms with E-state index >= 15 is 0 Å². The second kappa shape index (κ2) is 10.1. The van der Waals surface area contributed by atoms with E-state index in [1.807, 2.05) is 13.0 Å². The van der Waals surface area contributed by atoms with Crippen LogP contribution in [-0.2, 0) is 4.79 Å². The number of halogens is 2. The first-order valence-corrected chi connectivity index (χ1v) is 10.1. The van der Waals surface area contributed by atoms with Crippen LogP contribution in [0.1, 0.15) is 18.5 Å². The van der Waals surface area contributed by atoms with E-state index in [0.29, 0.717) is 32.3 Å². The lowest BCUT2D eigenvalue weighted by atomic mass is 10.1. The lowest BCUT2D eigenvalue weighted by Crippen LogP contribution is -2.37. The van der Waals surface area contributed by atoms with Crippen LogP contribution in [-0.4, -0.2) is 16.7 Å². The summed E-state index contributed by atoms with van der Waals surface area (Å²) in [5.41, 5.74) is 2.12. The highest BCUT2D eigenvalue weighted by Gasteiger charge is 2.24. The fourth-order valence-electron chi connectivity index (χ4n) is 2.79. The molecule has 1 aromatic heterocycles. The van der Waals surface area contributed by atoms with Crippen molar-refractivity contribution in [1.82, 2.24) is 10.3 Å². The minimum atomic E-state index is -0.921. The molecule has 158 valence electrons. The van der Waals surface area contributed by atoms with Gasteiger partial charge in [0.05, 0.1) is 0 Å². The van der Waals surface area contributed by atoms with Gasteiger partial charge in [-0.3, -0.25) is 10.2 Å². The van der Waals surface area contributed by atoms with Gasteiger partial charge in [-0.05, 0) is 36.8 Å². The molecule has 3 N–H and O–H groups in total. The zero-order valence-corrected chi connectivity index (χ0v) is 18.2. The summed E-state index contributed by atoms with van der Waals surface area (Å²) < 4.78 is 5.70. The number of nitrogens with zero attached hydrogens (tertiary/aromatic N) is 1. The topological polar surface area (TPSA) is 91.0 Å². The van der Waals surface area contributed by atoms with Crippen molar-refractivity contribution in [3.8, 4) is 0 Å². The van der Waals surface area contributed by atoms with Crippen molar-refractivity contribution in [1.29, 1.82) is 5.41 Å². The summed E-state index contributed by atoms with van der Waals surface area (Å²) in [5.74, 6) is -0.572. The SMILES string of the molecule is C=C/C(=C\C=C/C)C(=N)NC(=O)C(Nc1nc2ccc(Cl)cc2o1)c1cccc(Cl)c1. The maximum Gasteiger partial charge on any atom is 0.296 e. The van der Waals surface area contributed by atoms with Crippen LogP contribution >= 0.6 is 23.2 Å². The number of aromatic nitrogens is 1. The third kappa shape index (κ3) is 5.63. The Morgan fingerprint density at radius 1 is 1.23 bits per heavy atom. The Morgan fingerprint density at radius 2 is 2.00 bits per heavy atom. The number of amides is 1. The Morgan fingerprint density at radius 3 is 2.71 bits per heavy atom. The number of nitrogens with one attached hydrogen (secondary N) is 3. The summed E-state index contributed by atoms with van der Waals surface area (Å²) in [5, 5.41) is 14.8. The van der Waals surface area contributed by atoms with Gasteiger partial charge in [0.1, 0.15) is 17.4 Å². The van der Waals surface area contributed by atoms with Gasteiger partial charge in [0.2, 0.25) is 0 Å². The highest BCUT2D eigenvalue weighted by Crippen LogP contribution is 2.26. The summed E-state index contributed by atoms with van der Waals surface area (Å²) in [7, 11) is 0. The standard InChI is InChI=1S/C23H20Cl2N4O2/c1-3-5-7-14(4-2)21(26)29-22(30)20(15-8-6-9-16(24)12-15)28-23-27-18-11-10-17(25)13-19(18)31-23/h3-13,20H,2H2,1H3,(H,27,28)(H2,26,29,30)/b5-3-,14-7+. The fourth-order valence-corrected chi connectivity index (χ4v) is 3.15. The Bertz CT molecular complexity index is 1200. The summed E-state index contributed by atoms with van der Waals surface area (Å²) >= 11 is 12.1. The summed E-state index contributed by atoms with van der Waals surface area (Å²) in [6.45, 7) is 5.55. The zero-order chi connectivity index (χ0) is 22.4. The van der Waals surface area contributed by atoms with Crippen molar-refractivity contribution in [3.05, 3.63) is 94.5 Å². The number of fused-ring (bicyclic) bond motifs is 1. The monoisotopic (exact) mass is 454 g/mol. The van der Waals surface area contributed by atoms with E-state index in [-0.39, 0.29) is 11.9 Å². The van der Waals surface area contributed by atoms with Crippen molar-refractivity contribution in [2.75, 3.05) is 5.32 Å². The van der Waals surface area contributed by atoms with Crippen LogP contribution in [0.25, 0.3) is 11.1 Å². The molecule has 0 saturated heterocycles. The van der Waals surface area contributed by atoms with Crippen molar-refractivity contribution in [2.45, 2.75) is 13.0 Å². The molecular weight excluding hydrogens is 435 g/mol. The van der Waals surface area contributed by atoms with Crippen LogP contribution in [0.4, 0.5) is 6.01 Å². The number of rotatable bonds is 7. The molecule has 0 fully saturated rings. The number of benzene rings is 2. The van der Waals surface area contributed by atoms with E-state index in [9.17, 15) is 4.79 Å². The lowest BCUT2D eigenvalue weighted by molar-refractivity contribution is -0.120. The van der Waals surface area contributed by atoms with Crippen LogP contribution in [0.5, 0.6) is 0 Å². The molecule has 6 nitrogen and oxygen atoms in total. The van der Waals surface area contributed by atoms with Gasteiger partial charge in [-0.25, -0.2) is 0 Å². The van der Waals surface area contributed by atoms with Gasteiger partial charge in [0.25, 0.3) is 11.9 Å². The van der Waals surface area contributed by atoms with E-state index in [0.717, 1.165) is 0 Å². The number of allylic oxidation sites excluding steroid dienone is 3.